The van der Waals surface area contributed by atoms with Crippen LogP contribution in [0, 0.1) is 0 Å². The fourth-order valence-electron chi connectivity index (χ4n) is 2.68. The summed E-state index contributed by atoms with van der Waals surface area (Å²) in [5.41, 5.74) is 0.178. The molecule has 0 fully saturated rings. The van der Waals surface area contributed by atoms with E-state index in [0.29, 0.717) is 0 Å². The first-order valence-electron chi connectivity index (χ1n) is 8.74. The van der Waals surface area contributed by atoms with E-state index in [1.54, 1.807) is 0 Å². The fraction of sp³-hybridized carbons (Fsp3) is 0.263. The number of nitrogens with zero attached hydrogens (tertiary/aromatic N) is 1. The summed E-state index contributed by atoms with van der Waals surface area (Å²) in [5.74, 6) is -1.56. The van der Waals surface area contributed by atoms with E-state index in [0.717, 1.165) is 17.2 Å². The molecule has 0 aliphatic heterocycles. The van der Waals surface area contributed by atoms with Gasteiger partial charge < -0.3 is 15.0 Å². The lowest BCUT2D eigenvalue weighted by Gasteiger charge is -2.22. The van der Waals surface area contributed by atoms with Gasteiger partial charge in [0.15, 0.2) is 0 Å². The Kier molecular flexibility index (Phi) is 7.16. The molecule has 0 atom stereocenters. The van der Waals surface area contributed by atoms with Gasteiger partial charge >= 0.3 is 6.36 Å². The molecule has 0 aliphatic rings. The van der Waals surface area contributed by atoms with E-state index in [1.807, 2.05) is 0 Å². The van der Waals surface area contributed by atoms with Crippen molar-refractivity contribution in [2.24, 2.45) is 0 Å². The van der Waals surface area contributed by atoms with Crippen LogP contribution in [0.2, 0.25) is 0 Å². The lowest BCUT2D eigenvalue weighted by Crippen LogP contribution is -2.28. The van der Waals surface area contributed by atoms with Crippen molar-refractivity contribution >= 4 is 33.2 Å². The van der Waals surface area contributed by atoms with Gasteiger partial charge in [0.2, 0.25) is 15.9 Å². The van der Waals surface area contributed by atoms with Gasteiger partial charge in [-0.15, -0.1) is 13.2 Å². The lowest BCUT2D eigenvalue weighted by molar-refractivity contribution is -0.275. The normalized spacial score (nSPS) is 11.5. The number of sulfonamides is 1. The highest BCUT2D eigenvalue weighted by atomic mass is 32.2. The number of rotatable bonds is 7. The molecule has 12 heteroatoms. The Hall–Kier alpha value is -3.28. The summed E-state index contributed by atoms with van der Waals surface area (Å²) in [6.45, 7) is 1.00. The molecule has 2 rings (SSSR count). The van der Waals surface area contributed by atoms with Crippen molar-refractivity contribution in [3.63, 3.8) is 0 Å². The topological polar surface area (TPSA) is 105 Å². The highest BCUT2D eigenvalue weighted by Gasteiger charge is 2.32. The molecule has 0 radical (unpaired) electrons. The van der Waals surface area contributed by atoms with Crippen molar-refractivity contribution in [2.45, 2.75) is 19.8 Å². The van der Waals surface area contributed by atoms with Crippen LogP contribution in [0.1, 0.15) is 22.8 Å². The minimum atomic E-state index is -4.90. The maximum absolute atomic E-state index is 13.0. The number of carbonyl (C=O) groups excluding carboxylic acids is 2. The van der Waals surface area contributed by atoms with Gasteiger partial charge in [-0.3, -0.25) is 14.3 Å². The number of amides is 2. The third-order valence-electron chi connectivity index (χ3n) is 3.82. The first-order chi connectivity index (χ1) is 14.2. The smallest absolute Gasteiger partial charge is 0.405 e. The average molecular weight is 459 g/mol. The Morgan fingerprint density at radius 3 is 2.35 bits per heavy atom. The van der Waals surface area contributed by atoms with E-state index in [9.17, 15) is 31.2 Å². The molecular weight excluding hydrogens is 439 g/mol. The Bertz CT molecular complexity index is 1090. The predicted octanol–water partition coefficient (Wildman–Crippen LogP) is 3.19. The van der Waals surface area contributed by atoms with Crippen LogP contribution in [0.4, 0.5) is 24.5 Å². The molecule has 0 saturated heterocycles. The van der Waals surface area contributed by atoms with E-state index < -0.39 is 33.9 Å². The van der Waals surface area contributed by atoms with Gasteiger partial charge in [0, 0.05) is 31.8 Å². The molecule has 2 amide bonds. The predicted molar refractivity (Wildman–Crippen MR) is 108 cm³/mol. The minimum absolute atomic E-state index is 0.0479. The van der Waals surface area contributed by atoms with Crippen molar-refractivity contribution in [3.05, 3.63) is 53.6 Å². The van der Waals surface area contributed by atoms with Gasteiger partial charge in [-0.1, -0.05) is 18.2 Å². The minimum Gasteiger partial charge on any atom is -0.405 e. The van der Waals surface area contributed by atoms with Gasteiger partial charge in [0.05, 0.1) is 17.5 Å². The van der Waals surface area contributed by atoms with Crippen LogP contribution in [-0.4, -0.2) is 44.8 Å². The molecule has 0 saturated carbocycles. The molecule has 2 aromatic carbocycles. The molecule has 0 spiro atoms. The van der Waals surface area contributed by atoms with Gasteiger partial charge in [-0.2, -0.15) is 0 Å². The zero-order chi connectivity index (χ0) is 23.4. The molecule has 0 bridgehead atoms. The third kappa shape index (κ3) is 7.48. The third-order valence-corrected chi connectivity index (χ3v) is 4.41. The number of halogens is 3. The van der Waals surface area contributed by atoms with Crippen molar-refractivity contribution < 1.29 is 35.9 Å². The molecule has 2 aromatic rings. The summed E-state index contributed by atoms with van der Waals surface area (Å²) in [5, 5.41) is 2.48. The average Bonchev–Trinajstić information content (AvgIpc) is 2.61. The summed E-state index contributed by atoms with van der Waals surface area (Å²) < 4.78 is 67.4. The van der Waals surface area contributed by atoms with Crippen molar-refractivity contribution in [1.82, 2.24) is 4.90 Å². The van der Waals surface area contributed by atoms with Crippen LogP contribution in [0.25, 0.3) is 0 Å². The lowest BCUT2D eigenvalue weighted by atomic mass is 10.1. The molecule has 0 heterocycles. The monoisotopic (exact) mass is 459 g/mol. The number of benzene rings is 2. The second kappa shape index (κ2) is 9.25. The number of hydrogen-bond donors (Lipinski definition) is 2. The van der Waals surface area contributed by atoms with Crippen LogP contribution >= 0.6 is 0 Å². The number of nitrogens with one attached hydrogen (secondary N) is 2. The first-order valence-corrected chi connectivity index (χ1v) is 10.6. The van der Waals surface area contributed by atoms with Crippen LogP contribution in [0.3, 0.4) is 0 Å². The second-order valence-corrected chi connectivity index (χ2v) is 8.38. The number of para-hydroxylation sites is 1. The highest BCUT2D eigenvalue weighted by molar-refractivity contribution is 7.92. The quantitative estimate of drug-likeness (QED) is 0.662. The van der Waals surface area contributed by atoms with Gasteiger partial charge in [-0.05, 0) is 24.3 Å². The maximum atomic E-state index is 13.0. The fourth-order valence-corrected chi connectivity index (χ4v) is 3.26. The number of alkyl halides is 3. The number of hydrogen-bond acceptors (Lipinski definition) is 5. The largest absolute Gasteiger partial charge is 0.573 e. The maximum Gasteiger partial charge on any atom is 0.573 e. The number of ether oxygens (including phenoxy) is 1. The van der Waals surface area contributed by atoms with Crippen LogP contribution < -0.4 is 14.8 Å². The highest BCUT2D eigenvalue weighted by Crippen LogP contribution is 2.28. The zero-order valence-corrected chi connectivity index (χ0v) is 17.6. The van der Waals surface area contributed by atoms with Gasteiger partial charge in [0.25, 0.3) is 5.91 Å². The molecule has 8 nitrogen and oxygen atoms in total. The van der Waals surface area contributed by atoms with Crippen LogP contribution in [0.15, 0.2) is 42.5 Å². The molecule has 168 valence electrons. The first kappa shape index (κ1) is 24.0. The van der Waals surface area contributed by atoms with E-state index in [4.69, 9.17) is 0 Å². The molecule has 2 N–H and O–H groups in total. The standard InChI is InChI=1S/C19H20F3N3O5S/c1-12(26)23-14-8-9-16(24-31(3,28)29)15(10-14)18(27)25(2)11-13-6-4-5-7-17(13)30-19(20,21)22/h4-10,24H,11H2,1-3H3,(H,23,26). The zero-order valence-electron chi connectivity index (χ0n) is 16.8. The SMILES string of the molecule is CC(=O)Nc1ccc(NS(C)(=O)=O)c(C(=O)N(C)Cc2ccccc2OC(F)(F)F)c1. The van der Waals surface area contributed by atoms with Crippen molar-refractivity contribution in [2.75, 3.05) is 23.3 Å². The van der Waals surface area contributed by atoms with E-state index in [2.05, 4.69) is 14.8 Å². The summed E-state index contributed by atoms with van der Waals surface area (Å²) in [7, 11) is -2.40. The Labute approximate surface area is 177 Å². The van der Waals surface area contributed by atoms with E-state index >= 15 is 0 Å². The summed E-state index contributed by atoms with van der Waals surface area (Å²) in [4.78, 5) is 25.4. The van der Waals surface area contributed by atoms with Gasteiger partial charge in [-0.25, -0.2) is 8.42 Å². The molecule has 0 aliphatic carbocycles. The second-order valence-electron chi connectivity index (χ2n) is 6.63. The molecule has 31 heavy (non-hydrogen) atoms. The van der Waals surface area contributed by atoms with Crippen LogP contribution in [-0.2, 0) is 21.4 Å². The Morgan fingerprint density at radius 2 is 1.77 bits per heavy atom. The summed E-state index contributed by atoms with van der Waals surface area (Å²) in [6.07, 6.45) is -4.00. The van der Waals surface area contributed by atoms with Crippen molar-refractivity contribution in [3.8, 4) is 5.75 Å². The molecular formula is C19H20F3N3O5S. The number of anilines is 2. The Balaban J connectivity index is 2.37. The van der Waals surface area contributed by atoms with Crippen LogP contribution in [0.5, 0.6) is 5.75 Å². The molecule has 0 unspecified atom stereocenters. The summed E-state index contributed by atoms with van der Waals surface area (Å²) >= 11 is 0. The number of carbonyl (C=O) groups is 2. The summed E-state index contributed by atoms with van der Waals surface area (Å²) in [6, 6.07) is 9.31. The van der Waals surface area contributed by atoms with Crippen molar-refractivity contribution in [1.29, 1.82) is 0 Å². The molecule has 0 aromatic heterocycles. The van der Waals surface area contributed by atoms with E-state index in [1.165, 1.54) is 50.4 Å². The van der Waals surface area contributed by atoms with E-state index in [-0.39, 0.29) is 29.0 Å². The Morgan fingerprint density at radius 1 is 1.13 bits per heavy atom. The van der Waals surface area contributed by atoms with Gasteiger partial charge in [0.1, 0.15) is 5.75 Å².